The molecule has 0 saturated carbocycles. The maximum absolute atomic E-state index is 6.02. The molecule has 2 nitrogen and oxygen atoms in total. The predicted molar refractivity (Wildman–Crippen MR) is 68.3 cm³/mol. The lowest BCUT2D eigenvalue weighted by Crippen LogP contribution is -2.15. The van der Waals surface area contributed by atoms with Crippen molar-refractivity contribution in [2.24, 2.45) is 0 Å². The molecule has 0 radical (unpaired) electrons. The first kappa shape index (κ1) is 13.1. The normalized spacial score (nSPS) is 10.8. The van der Waals surface area contributed by atoms with Crippen LogP contribution in [0.3, 0.4) is 0 Å². The molecule has 0 atom stereocenters. The minimum atomic E-state index is 0.544. The molecule has 0 spiro atoms. The van der Waals surface area contributed by atoms with Gasteiger partial charge in [-0.15, -0.1) is 0 Å². The summed E-state index contributed by atoms with van der Waals surface area (Å²) in [5.74, 6) is 0.689. The maximum atomic E-state index is 6.02. The van der Waals surface area contributed by atoms with E-state index in [4.69, 9.17) is 27.9 Å². The van der Waals surface area contributed by atoms with Gasteiger partial charge in [-0.1, -0.05) is 39.1 Å². The summed E-state index contributed by atoms with van der Waals surface area (Å²) in [6.07, 6.45) is 0. The van der Waals surface area contributed by atoms with Crippen molar-refractivity contribution in [2.45, 2.75) is 6.54 Å². The average molecular weight is 313 g/mol. The van der Waals surface area contributed by atoms with Gasteiger partial charge in [0.25, 0.3) is 0 Å². The Labute approximate surface area is 108 Å². The Morgan fingerprint density at radius 1 is 1.40 bits per heavy atom. The summed E-state index contributed by atoms with van der Waals surface area (Å²) in [6, 6.07) is 3.55. The number of rotatable bonds is 4. The highest BCUT2D eigenvalue weighted by Gasteiger charge is 2.11. The summed E-state index contributed by atoms with van der Waals surface area (Å²) in [5.41, 5.74) is 1.76. The highest BCUT2D eigenvalue weighted by atomic mass is 79.9. The van der Waals surface area contributed by atoms with Gasteiger partial charge in [0.15, 0.2) is 0 Å². The highest BCUT2D eigenvalue weighted by Crippen LogP contribution is 2.32. The van der Waals surface area contributed by atoms with Gasteiger partial charge in [0, 0.05) is 17.1 Å². The zero-order valence-corrected chi connectivity index (χ0v) is 11.7. The van der Waals surface area contributed by atoms with Gasteiger partial charge in [0.1, 0.15) is 5.75 Å². The van der Waals surface area contributed by atoms with Crippen molar-refractivity contribution in [3.63, 3.8) is 0 Å². The van der Waals surface area contributed by atoms with Gasteiger partial charge in [-0.2, -0.15) is 0 Å². The first-order chi connectivity index (χ1) is 7.08. The van der Waals surface area contributed by atoms with Crippen molar-refractivity contribution in [3.8, 4) is 5.75 Å². The van der Waals surface area contributed by atoms with Crippen LogP contribution in [0.1, 0.15) is 5.56 Å². The average Bonchev–Trinajstić information content (AvgIpc) is 2.17. The molecule has 1 aromatic carbocycles. The Hall–Kier alpha value is 0.0400. The van der Waals surface area contributed by atoms with Gasteiger partial charge in [0.05, 0.1) is 17.6 Å². The van der Waals surface area contributed by atoms with E-state index in [0.717, 1.165) is 17.6 Å². The summed E-state index contributed by atoms with van der Waals surface area (Å²) in [7, 11) is 3.59. The number of halogens is 3. The zero-order chi connectivity index (χ0) is 11.4. The van der Waals surface area contributed by atoms with E-state index in [1.54, 1.807) is 13.2 Å². The Bertz CT molecular complexity index is 346. The SMILES string of the molecule is COc1c(Cl)cc(Cl)cc1CN(C)CBr. The predicted octanol–water partition coefficient (Wildman–Crippen LogP) is 3.79. The molecule has 0 aliphatic heterocycles. The zero-order valence-electron chi connectivity index (χ0n) is 8.56. The van der Waals surface area contributed by atoms with Crippen molar-refractivity contribution >= 4 is 39.1 Å². The minimum absolute atomic E-state index is 0.544. The third kappa shape index (κ3) is 3.52. The number of hydrogen-bond donors (Lipinski definition) is 0. The van der Waals surface area contributed by atoms with Crippen LogP contribution in [-0.2, 0) is 6.54 Å². The molecule has 15 heavy (non-hydrogen) atoms. The van der Waals surface area contributed by atoms with Gasteiger partial charge in [-0.3, -0.25) is 4.90 Å². The van der Waals surface area contributed by atoms with Crippen LogP contribution in [0.25, 0.3) is 0 Å². The molecule has 0 saturated heterocycles. The fraction of sp³-hybridized carbons (Fsp3) is 0.400. The molecule has 0 amide bonds. The largest absolute Gasteiger partial charge is 0.495 e. The monoisotopic (exact) mass is 311 g/mol. The van der Waals surface area contributed by atoms with Gasteiger partial charge in [0.2, 0.25) is 0 Å². The maximum Gasteiger partial charge on any atom is 0.142 e. The van der Waals surface area contributed by atoms with Crippen LogP contribution in [0.2, 0.25) is 10.0 Å². The van der Waals surface area contributed by atoms with Crippen LogP contribution < -0.4 is 4.74 Å². The molecular weight excluding hydrogens is 301 g/mol. The highest BCUT2D eigenvalue weighted by molar-refractivity contribution is 9.09. The van der Waals surface area contributed by atoms with Crippen LogP contribution in [0, 0.1) is 0 Å². The molecule has 0 fully saturated rings. The van der Waals surface area contributed by atoms with Crippen molar-refractivity contribution in [2.75, 3.05) is 19.6 Å². The summed E-state index contributed by atoms with van der Waals surface area (Å²) in [6.45, 7) is 0.731. The molecule has 5 heteroatoms. The molecule has 1 rings (SSSR count). The number of methoxy groups -OCH3 is 1. The first-order valence-corrected chi connectivity index (χ1v) is 6.22. The number of nitrogens with zero attached hydrogens (tertiary/aromatic N) is 1. The summed E-state index contributed by atoms with van der Waals surface area (Å²) in [5, 5.41) is 1.17. The van der Waals surface area contributed by atoms with E-state index in [0.29, 0.717) is 15.8 Å². The molecule has 0 aliphatic carbocycles. The van der Waals surface area contributed by atoms with Gasteiger partial charge < -0.3 is 4.74 Å². The van der Waals surface area contributed by atoms with Gasteiger partial charge >= 0.3 is 0 Å². The fourth-order valence-electron chi connectivity index (χ4n) is 1.29. The Kier molecular flexibility index (Phi) is 5.19. The van der Waals surface area contributed by atoms with Crippen LogP contribution in [0.15, 0.2) is 12.1 Å². The lowest BCUT2D eigenvalue weighted by atomic mass is 10.2. The van der Waals surface area contributed by atoms with Crippen LogP contribution in [0.4, 0.5) is 0 Å². The van der Waals surface area contributed by atoms with E-state index in [9.17, 15) is 0 Å². The second-order valence-corrected chi connectivity index (χ2v) is 4.56. The number of benzene rings is 1. The fourth-order valence-corrected chi connectivity index (χ4v) is 2.08. The van der Waals surface area contributed by atoms with E-state index < -0.39 is 0 Å². The van der Waals surface area contributed by atoms with Crippen molar-refractivity contribution in [1.29, 1.82) is 0 Å². The Morgan fingerprint density at radius 3 is 2.60 bits per heavy atom. The number of hydrogen-bond acceptors (Lipinski definition) is 2. The lowest BCUT2D eigenvalue weighted by Gasteiger charge is -2.16. The molecule has 0 heterocycles. The van der Waals surface area contributed by atoms with Crippen LogP contribution >= 0.6 is 39.1 Å². The lowest BCUT2D eigenvalue weighted by molar-refractivity contribution is 0.365. The smallest absolute Gasteiger partial charge is 0.142 e. The van der Waals surface area contributed by atoms with E-state index in [1.807, 2.05) is 13.1 Å². The molecule has 0 N–H and O–H groups in total. The molecule has 1 aromatic rings. The molecule has 0 unspecified atom stereocenters. The second-order valence-electron chi connectivity index (χ2n) is 3.21. The Morgan fingerprint density at radius 2 is 2.07 bits per heavy atom. The van der Waals surface area contributed by atoms with Gasteiger partial charge in [-0.25, -0.2) is 0 Å². The summed E-state index contributed by atoms with van der Waals surface area (Å²) < 4.78 is 5.24. The van der Waals surface area contributed by atoms with Gasteiger partial charge in [-0.05, 0) is 19.2 Å². The van der Waals surface area contributed by atoms with E-state index in [2.05, 4.69) is 20.8 Å². The number of alkyl halides is 1. The number of ether oxygens (including phenoxy) is 1. The quantitative estimate of drug-likeness (QED) is 0.619. The summed E-state index contributed by atoms with van der Waals surface area (Å²) in [4.78, 5) is 2.07. The van der Waals surface area contributed by atoms with Crippen molar-refractivity contribution in [3.05, 3.63) is 27.7 Å². The van der Waals surface area contributed by atoms with Crippen molar-refractivity contribution in [1.82, 2.24) is 4.90 Å². The Balaban J connectivity index is 3.03. The summed E-state index contributed by atoms with van der Waals surface area (Å²) >= 11 is 15.3. The molecule has 0 aliphatic rings. The molecule has 84 valence electrons. The van der Waals surface area contributed by atoms with Crippen LogP contribution in [0.5, 0.6) is 5.75 Å². The topological polar surface area (TPSA) is 12.5 Å². The van der Waals surface area contributed by atoms with E-state index in [-0.39, 0.29) is 0 Å². The third-order valence-corrected chi connectivity index (χ3v) is 3.29. The van der Waals surface area contributed by atoms with E-state index in [1.165, 1.54) is 0 Å². The first-order valence-electron chi connectivity index (χ1n) is 4.35. The second kappa shape index (κ2) is 5.94. The van der Waals surface area contributed by atoms with Crippen LogP contribution in [-0.4, -0.2) is 24.5 Å². The molecule has 0 aromatic heterocycles. The van der Waals surface area contributed by atoms with Crippen molar-refractivity contribution < 1.29 is 4.74 Å². The van der Waals surface area contributed by atoms with E-state index >= 15 is 0 Å². The standard InChI is InChI=1S/C10H12BrCl2NO/c1-14(6-11)5-7-3-8(12)4-9(13)10(7)15-2/h3-4H,5-6H2,1-2H3. The third-order valence-electron chi connectivity index (χ3n) is 1.93. The molecular formula is C10H12BrCl2NO. The minimum Gasteiger partial charge on any atom is -0.495 e. The molecule has 0 bridgehead atoms.